The summed E-state index contributed by atoms with van der Waals surface area (Å²) in [5.41, 5.74) is 2.98. The highest BCUT2D eigenvalue weighted by Gasteiger charge is 2.33. The highest BCUT2D eigenvalue weighted by atomic mass is 16.5. The van der Waals surface area contributed by atoms with E-state index in [9.17, 15) is 0 Å². The van der Waals surface area contributed by atoms with Crippen molar-refractivity contribution in [1.29, 1.82) is 0 Å². The molecule has 1 atom stereocenters. The average molecular weight is 304 g/mol. The van der Waals surface area contributed by atoms with Gasteiger partial charge in [0.2, 0.25) is 0 Å². The Bertz CT molecular complexity index is 494. The van der Waals surface area contributed by atoms with Crippen LogP contribution in [0.4, 0.5) is 0 Å². The van der Waals surface area contributed by atoms with Crippen LogP contribution >= 0.6 is 0 Å². The number of fused-ring (bicyclic) bond motifs is 1. The first kappa shape index (κ1) is 15.7. The van der Waals surface area contributed by atoms with E-state index in [1.807, 2.05) is 13.8 Å². The quantitative estimate of drug-likeness (QED) is 0.906. The van der Waals surface area contributed by atoms with Crippen molar-refractivity contribution in [2.75, 3.05) is 19.8 Å². The van der Waals surface area contributed by atoms with Crippen LogP contribution in [0.3, 0.4) is 0 Å². The van der Waals surface area contributed by atoms with Gasteiger partial charge in [0.25, 0.3) is 0 Å². The Balaban J connectivity index is 1.92. The molecule has 3 nitrogen and oxygen atoms in total. The monoisotopic (exact) mass is 304 g/mol. The Morgan fingerprint density at radius 3 is 2.36 bits per heavy atom. The lowest BCUT2D eigenvalue weighted by atomic mass is 9.78. The molecule has 1 saturated carbocycles. The molecule has 1 aromatic rings. The SMILES string of the molecule is CCOc1cc2c(cc1OCC)[C@H](C1CCCCC1)[NH2+]CC2. The van der Waals surface area contributed by atoms with E-state index in [0.717, 1.165) is 23.8 Å². The van der Waals surface area contributed by atoms with Gasteiger partial charge in [0, 0.05) is 17.9 Å². The van der Waals surface area contributed by atoms with Gasteiger partial charge >= 0.3 is 0 Å². The molecule has 0 aromatic heterocycles. The van der Waals surface area contributed by atoms with Gasteiger partial charge in [0.1, 0.15) is 6.04 Å². The van der Waals surface area contributed by atoms with Crippen LogP contribution in [-0.2, 0) is 6.42 Å². The first-order chi connectivity index (χ1) is 10.8. The molecule has 2 aliphatic rings. The van der Waals surface area contributed by atoms with Crippen molar-refractivity contribution in [1.82, 2.24) is 0 Å². The number of rotatable bonds is 5. The molecule has 1 aliphatic heterocycles. The van der Waals surface area contributed by atoms with Gasteiger partial charge in [-0.3, -0.25) is 0 Å². The molecular formula is C19H30NO2+. The second kappa shape index (κ2) is 7.36. The summed E-state index contributed by atoms with van der Waals surface area (Å²) in [6.45, 7) is 6.66. The first-order valence-electron chi connectivity index (χ1n) is 9.09. The molecule has 0 amide bonds. The normalized spacial score (nSPS) is 22.2. The lowest BCUT2D eigenvalue weighted by molar-refractivity contribution is -0.706. The van der Waals surface area contributed by atoms with Gasteiger partial charge in [0.05, 0.1) is 19.8 Å². The van der Waals surface area contributed by atoms with Crippen LogP contribution in [0.5, 0.6) is 11.5 Å². The van der Waals surface area contributed by atoms with Gasteiger partial charge < -0.3 is 14.8 Å². The molecule has 1 heterocycles. The van der Waals surface area contributed by atoms with Crippen molar-refractivity contribution < 1.29 is 14.8 Å². The second-order valence-electron chi connectivity index (χ2n) is 6.56. The summed E-state index contributed by atoms with van der Waals surface area (Å²) in [6, 6.07) is 5.14. The number of benzene rings is 1. The van der Waals surface area contributed by atoms with Crippen molar-refractivity contribution in [3.63, 3.8) is 0 Å². The van der Waals surface area contributed by atoms with Crippen molar-refractivity contribution in [2.24, 2.45) is 5.92 Å². The molecule has 0 spiro atoms. The van der Waals surface area contributed by atoms with E-state index in [0.29, 0.717) is 19.3 Å². The van der Waals surface area contributed by atoms with Gasteiger partial charge in [-0.25, -0.2) is 0 Å². The van der Waals surface area contributed by atoms with E-state index in [-0.39, 0.29) is 0 Å². The molecule has 0 radical (unpaired) electrons. The maximum atomic E-state index is 5.85. The van der Waals surface area contributed by atoms with Crippen LogP contribution in [0.2, 0.25) is 0 Å². The fourth-order valence-corrected chi connectivity index (χ4v) is 4.17. The summed E-state index contributed by atoms with van der Waals surface area (Å²) in [6.07, 6.45) is 8.14. The molecule has 0 unspecified atom stereocenters. The topological polar surface area (TPSA) is 35.1 Å². The molecule has 0 saturated heterocycles. The van der Waals surface area contributed by atoms with Crippen molar-refractivity contribution in [3.8, 4) is 11.5 Å². The molecule has 2 N–H and O–H groups in total. The highest BCUT2D eigenvalue weighted by molar-refractivity contribution is 5.49. The van der Waals surface area contributed by atoms with E-state index >= 15 is 0 Å². The number of hydrogen-bond acceptors (Lipinski definition) is 2. The minimum absolute atomic E-state index is 0.624. The maximum absolute atomic E-state index is 5.85. The highest BCUT2D eigenvalue weighted by Crippen LogP contribution is 2.39. The Labute approximate surface area is 134 Å². The van der Waals surface area contributed by atoms with E-state index in [1.54, 1.807) is 0 Å². The van der Waals surface area contributed by atoms with Crippen molar-refractivity contribution in [3.05, 3.63) is 23.3 Å². The van der Waals surface area contributed by atoms with Crippen LogP contribution in [0.15, 0.2) is 12.1 Å². The number of ether oxygens (including phenoxy) is 2. The molecule has 0 bridgehead atoms. The standard InChI is InChI=1S/C19H29NO2/c1-3-21-17-12-15-10-11-20-19(14-8-6-5-7-9-14)16(15)13-18(17)22-4-2/h12-14,19-20H,3-11H2,1-2H3/p+1/t19-/m0/s1. The predicted octanol–water partition coefficient (Wildman–Crippen LogP) is 3.22. The third-order valence-corrected chi connectivity index (χ3v) is 5.16. The van der Waals surface area contributed by atoms with E-state index in [4.69, 9.17) is 9.47 Å². The number of nitrogens with two attached hydrogens (primary N) is 1. The largest absolute Gasteiger partial charge is 0.490 e. The summed E-state index contributed by atoms with van der Waals surface area (Å²) in [5.74, 6) is 2.69. The molecule has 22 heavy (non-hydrogen) atoms. The molecule has 122 valence electrons. The summed E-state index contributed by atoms with van der Waals surface area (Å²) >= 11 is 0. The summed E-state index contributed by atoms with van der Waals surface area (Å²) in [7, 11) is 0. The van der Waals surface area contributed by atoms with Crippen LogP contribution in [-0.4, -0.2) is 19.8 Å². The van der Waals surface area contributed by atoms with E-state index in [2.05, 4.69) is 17.4 Å². The second-order valence-corrected chi connectivity index (χ2v) is 6.56. The molecule has 3 heteroatoms. The third-order valence-electron chi connectivity index (χ3n) is 5.16. The summed E-state index contributed by atoms with van der Waals surface area (Å²) < 4.78 is 11.7. The van der Waals surface area contributed by atoms with Gasteiger partial charge in [-0.05, 0) is 44.4 Å². The minimum Gasteiger partial charge on any atom is -0.490 e. The molecule has 1 aromatic carbocycles. The fraction of sp³-hybridized carbons (Fsp3) is 0.684. The Morgan fingerprint density at radius 1 is 1.00 bits per heavy atom. The predicted molar refractivity (Wildman–Crippen MR) is 88.6 cm³/mol. The Morgan fingerprint density at radius 2 is 1.68 bits per heavy atom. The van der Waals surface area contributed by atoms with Crippen molar-refractivity contribution in [2.45, 2.75) is 58.4 Å². The molecular weight excluding hydrogens is 274 g/mol. The summed E-state index contributed by atoms with van der Waals surface area (Å²) in [4.78, 5) is 0. The van der Waals surface area contributed by atoms with E-state index < -0.39 is 0 Å². The molecule has 1 aliphatic carbocycles. The van der Waals surface area contributed by atoms with Crippen LogP contribution in [0.1, 0.15) is 63.1 Å². The zero-order valence-electron chi connectivity index (χ0n) is 14.1. The Hall–Kier alpha value is -1.22. The van der Waals surface area contributed by atoms with Gasteiger partial charge in [-0.1, -0.05) is 19.3 Å². The third kappa shape index (κ3) is 3.24. The van der Waals surface area contributed by atoms with Gasteiger partial charge in [0.15, 0.2) is 11.5 Å². The fourth-order valence-electron chi connectivity index (χ4n) is 4.17. The maximum Gasteiger partial charge on any atom is 0.161 e. The zero-order chi connectivity index (χ0) is 15.4. The Kier molecular flexibility index (Phi) is 5.24. The number of hydrogen-bond donors (Lipinski definition) is 1. The lowest BCUT2D eigenvalue weighted by Crippen LogP contribution is -2.88. The summed E-state index contributed by atoms with van der Waals surface area (Å²) in [5, 5.41) is 2.56. The average Bonchev–Trinajstić information content (AvgIpc) is 2.56. The molecule has 3 rings (SSSR count). The molecule has 1 fully saturated rings. The van der Waals surface area contributed by atoms with E-state index in [1.165, 1.54) is 49.8 Å². The van der Waals surface area contributed by atoms with Crippen molar-refractivity contribution >= 4 is 0 Å². The van der Waals surface area contributed by atoms with Crippen LogP contribution in [0, 0.1) is 5.92 Å². The van der Waals surface area contributed by atoms with Crippen LogP contribution < -0.4 is 14.8 Å². The van der Waals surface area contributed by atoms with Gasteiger partial charge in [-0.15, -0.1) is 0 Å². The zero-order valence-corrected chi connectivity index (χ0v) is 14.1. The van der Waals surface area contributed by atoms with Gasteiger partial charge in [-0.2, -0.15) is 0 Å². The smallest absolute Gasteiger partial charge is 0.161 e. The van der Waals surface area contributed by atoms with Crippen LogP contribution in [0.25, 0.3) is 0 Å². The number of quaternary nitrogens is 1. The lowest BCUT2D eigenvalue weighted by Gasteiger charge is -2.33. The minimum atomic E-state index is 0.624. The first-order valence-corrected chi connectivity index (χ1v) is 9.09.